The minimum Gasteiger partial charge on any atom is -0.330 e. The van der Waals surface area contributed by atoms with Crippen molar-refractivity contribution in [2.24, 2.45) is 11.7 Å². The van der Waals surface area contributed by atoms with Gasteiger partial charge in [0.05, 0.1) is 11.9 Å². The number of pyridine rings is 1. The van der Waals surface area contributed by atoms with Crippen molar-refractivity contribution in [2.75, 3.05) is 18.0 Å². The number of anilines is 1. The van der Waals surface area contributed by atoms with E-state index in [0.29, 0.717) is 25.2 Å². The maximum Gasteiger partial charge on any atom is 0.227 e. The summed E-state index contributed by atoms with van der Waals surface area (Å²) in [6.45, 7) is 1.10. The van der Waals surface area contributed by atoms with E-state index in [0.717, 1.165) is 0 Å². The molecule has 4 nitrogen and oxygen atoms in total. The predicted molar refractivity (Wildman–Crippen MR) is 53.7 cm³/mol. The summed E-state index contributed by atoms with van der Waals surface area (Å²) in [5.74, 6) is -0.317. The van der Waals surface area contributed by atoms with E-state index in [4.69, 9.17) is 5.73 Å². The lowest BCUT2D eigenvalue weighted by molar-refractivity contribution is -0.117. The Labute approximate surface area is 86.9 Å². The maximum atomic E-state index is 12.6. The van der Waals surface area contributed by atoms with Gasteiger partial charge in [-0.25, -0.2) is 4.98 Å². The summed E-state index contributed by atoms with van der Waals surface area (Å²) in [4.78, 5) is 16.7. The van der Waals surface area contributed by atoms with Gasteiger partial charge in [-0.1, -0.05) is 0 Å². The van der Waals surface area contributed by atoms with Gasteiger partial charge in [-0.2, -0.15) is 4.39 Å². The standard InChI is InChI=1S/C10H12FN3O/c11-9-2-1-8(5-13-9)14-6-7(4-12)3-10(14)15/h1-2,5,7H,3-4,6,12H2. The molecule has 0 bridgehead atoms. The highest BCUT2D eigenvalue weighted by atomic mass is 19.1. The molecule has 2 rings (SSSR count). The average Bonchev–Trinajstić information content (AvgIpc) is 2.61. The number of carbonyl (C=O) groups excluding carboxylic acids is 1. The predicted octanol–water partition coefficient (Wildman–Crippen LogP) is 0.532. The fraction of sp³-hybridized carbons (Fsp3) is 0.400. The topological polar surface area (TPSA) is 59.2 Å². The molecule has 1 aromatic heterocycles. The van der Waals surface area contributed by atoms with Crippen LogP contribution in [0.2, 0.25) is 0 Å². The van der Waals surface area contributed by atoms with Gasteiger partial charge in [0.15, 0.2) is 0 Å². The zero-order valence-corrected chi connectivity index (χ0v) is 8.19. The number of halogens is 1. The van der Waals surface area contributed by atoms with Gasteiger partial charge in [-0.3, -0.25) is 4.79 Å². The van der Waals surface area contributed by atoms with Crippen molar-refractivity contribution in [1.82, 2.24) is 4.98 Å². The molecule has 0 aliphatic carbocycles. The number of hydrogen-bond donors (Lipinski definition) is 1. The second-order valence-corrected chi connectivity index (χ2v) is 3.65. The summed E-state index contributed by atoms with van der Waals surface area (Å²) in [6, 6.07) is 2.80. The first-order valence-corrected chi connectivity index (χ1v) is 4.82. The van der Waals surface area contributed by atoms with Gasteiger partial charge in [-0.15, -0.1) is 0 Å². The minimum absolute atomic E-state index is 0.0267. The van der Waals surface area contributed by atoms with E-state index in [9.17, 15) is 9.18 Å². The van der Waals surface area contributed by atoms with Crippen LogP contribution in [-0.2, 0) is 4.79 Å². The van der Waals surface area contributed by atoms with Gasteiger partial charge in [0, 0.05) is 13.0 Å². The molecule has 5 heteroatoms. The monoisotopic (exact) mass is 209 g/mol. The van der Waals surface area contributed by atoms with Crippen molar-refractivity contribution in [3.8, 4) is 0 Å². The number of carbonyl (C=O) groups is 1. The molecule has 1 aliphatic heterocycles. The summed E-state index contributed by atoms with van der Waals surface area (Å²) >= 11 is 0. The van der Waals surface area contributed by atoms with Gasteiger partial charge < -0.3 is 10.6 Å². The zero-order valence-electron chi connectivity index (χ0n) is 8.19. The van der Waals surface area contributed by atoms with Crippen LogP contribution >= 0.6 is 0 Å². The van der Waals surface area contributed by atoms with Gasteiger partial charge in [0.25, 0.3) is 0 Å². The van der Waals surface area contributed by atoms with Crippen LogP contribution in [0.25, 0.3) is 0 Å². The largest absolute Gasteiger partial charge is 0.330 e. The molecule has 80 valence electrons. The summed E-state index contributed by atoms with van der Waals surface area (Å²) < 4.78 is 12.6. The van der Waals surface area contributed by atoms with E-state index >= 15 is 0 Å². The molecule has 1 unspecified atom stereocenters. The van der Waals surface area contributed by atoms with Crippen LogP contribution in [0.5, 0.6) is 0 Å². The van der Waals surface area contributed by atoms with Crippen LogP contribution in [-0.4, -0.2) is 24.0 Å². The Hall–Kier alpha value is -1.49. The lowest BCUT2D eigenvalue weighted by Gasteiger charge is -2.15. The Morgan fingerprint density at radius 2 is 2.40 bits per heavy atom. The third-order valence-corrected chi connectivity index (χ3v) is 2.56. The summed E-state index contributed by atoms with van der Waals surface area (Å²) in [7, 11) is 0. The molecule has 1 amide bonds. The Morgan fingerprint density at radius 1 is 1.60 bits per heavy atom. The molecule has 1 aromatic rings. The molecule has 2 heterocycles. The number of nitrogens with zero attached hydrogens (tertiary/aromatic N) is 2. The lowest BCUT2D eigenvalue weighted by Crippen LogP contribution is -2.25. The molecule has 1 aliphatic rings. The van der Waals surface area contributed by atoms with Gasteiger partial charge in [0.2, 0.25) is 11.9 Å². The van der Waals surface area contributed by atoms with Crippen molar-refractivity contribution in [3.63, 3.8) is 0 Å². The summed E-state index contributed by atoms with van der Waals surface area (Å²) in [5, 5.41) is 0. The second kappa shape index (κ2) is 3.94. The van der Waals surface area contributed by atoms with Crippen molar-refractivity contribution < 1.29 is 9.18 Å². The molecular formula is C10H12FN3O. The first-order chi connectivity index (χ1) is 7.20. The first-order valence-electron chi connectivity index (χ1n) is 4.82. The van der Waals surface area contributed by atoms with E-state index in [-0.39, 0.29) is 11.8 Å². The SMILES string of the molecule is NCC1CC(=O)N(c2ccc(F)nc2)C1. The second-order valence-electron chi connectivity index (χ2n) is 3.65. The quantitative estimate of drug-likeness (QED) is 0.723. The van der Waals surface area contributed by atoms with E-state index in [1.165, 1.54) is 12.3 Å². The molecule has 1 saturated heterocycles. The van der Waals surface area contributed by atoms with Gasteiger partial charge in [-0.05, 0) is 24.6 Å². The smallest absolute Gasteiger partial charge is 0.227 e. The minimum atomic E-state index is -0.541. The van der Waals surface area contributed by atoms with Crippen molar-refractivity contribution in [3.05, 3.63) is 24.3 Å². The van der Waals surface area contributed by atoms with Crippen LogP contribution in [0, 0.1) is 11.9 Å². The van der Waals surface area contributed by atoms with E-state index in [1.54, 1.807) is 11.0 Å². The highest BCUT2D eigenvalue weighted by Gasteiger charge is 2.29. The molecule has 2 N–H and O–H groups in total. The molecular weight excluding hydrogens is 197 g/mol. The third kappa shape index (κ3) is 1.97. The summed E-state index contributed by atoms with van der Waals surface area (Å²) in [5.41, 5.74) is 6.14. The highest BCUT2D eigenvalue weighted by molar-refractivity contribution is 5.95. The third-order valence-electron chi connectivity index (χ3n) is 2.56. The number of amides is 1. The fourth-order valence-corrected chi connectivity index (χ4v) is 1.72. The normalized spacial score (nSPS) is 21.1. The lowest BCUT2D eigenvalue weighted by atomic mass is 10.1. The van der Waals surface area contributed by atoms with E-state index in [2.05, 4.69) is 4.98 Å². The molecule has 0 radical (unpaired) electrons. The van der Waals surface area contributed by atoms with Crippen molar-refractivity contribution in [1.29, 1.82) is 0 Å². The Balaban J connectivity index is 2.18. The van der Waals surface area contributed by atoms with E-state index in [1.807, 2.05) is 0 Å². The van der Waals surface area contributed by atoms with Crippen LogP contribution in [0.1, 0.15) is 6.42 Å². The highest BCUT2D eigenvalue weighted by Crippen LogP contribution is 2.23. The maximum absolute atomic E-state index is 12.6. The van der Waals surface area contributed by atoms with Crippen molar-refractivity contribution >= 4 is 11.6 Å². The Bertz CT molecular complexity index is 365. The fourth-order valence-electron chi connectivity index (χ4n) is 1.72. The molecule has 0 aromatic carbocycles. The number of nitrogens with two attached hydrogens (primary N) is 1. The zero-order chi connectivity index (χ0) is 10.8. The molecule has 0 saturated carbocycles. The van der Waals surface area contributed by atoms with Crippen LogP contribution < -0.4 is 10.6 Å². The molecule has 15 heavy (non-hydrogen) atoms. The number of aromatic nitrogens is 1. The van der Waals surface area contributed by atoms with E-state index < -0.39 is 5.95 Å². The molecule has 1 atom stereocenters. The van der Waals surface area contributed by atoms with Crippen LogP contribution in [0.4, 0.5) is 10.1 Å². The first kappa shape index (κ1) is 10.0. The van der Waals surface area contributed by atoms with Crippen molar-refractivity contribution in [2.45, 2.75) is 6.42 Å². The number of hydrogen-bond acceptors (Lipinski definition) is 3. The van der Waals surface area contributed by atoms with Gasteiger partial charge >= 0.3 is 0 Å². The van der Waals surface area contributed by atoms with Crippen LogP contribution in [0.15, 0.2) is 18.3 Å². The Morgan fingerprint density at radius 3 is 2.93 bits per heavy atom. The van der Waals surface area contributed by atoms with Crippen LogP contribution in [0.3, 0.4) is 0 Å². The number of rotatable bonds is 2. The van der Waals surface area contributed by atoms with Gasteiger partial charge in [0.1, 0.15) is 0 Å². The average molecular weight is 209 g/mol. The summed E-state index contributed by atoms with van der Waals surface area (Å²) in [6.07, 6.45) is 1.83. The molecule has 1 fully saturated rings. The Kier molecular flexibility index (Phi) is 2.64. The molecule has 0 spiro atoms.